The van der Waals surface area contributed by atoms with E-state index < -0.39 is 23.6 Å². The summed E-state index contributed by atoms with van der Waals surface area (Å²) in [7, 11) is 0. The number of hydrogen-bond acceptors (Lipinski definition) is 5. The number of nitrogens with zero attached hydrogens (tertiary/aromatic N) is 4. The summed E-state index contributed by atoms with van der Waals surface area (Å²) in [6.45, 7) is -0.204. The Morgan fingerprint density at radius 3 is 2.67 bits per heavy atom. The first-order valence-corrected chi connectivity index (χ1v) is 7.23. The zero-order valence-electron chi connectivity index (χ0n) is 12.2. The number of anilines is 1. The first-order valence-electron chi connectivity index (χ1n) is 7.23. The van der Waals surface area contributed by atoms with Gasteiger partial charge in [-0.1, -0.05) is 0 Å². The second kappa shape index (κ2) is 5.25. The second-order valence-corrected chi connectivity index (χ2v) is 5.53. The molecule has 0 aromatic carbocycles. The number of nitrogens with one attached hydrogen (secondary N) is 2. The number of H-pyrrole nitrogens is 2. The average molecular weight is 334 g/mol. The minimum absolute atomic E-state index is 0.102. The average Bonchev–Trinajstić information content (AvgIpc) is 3.13. The van der Waals surface area contributed by atoms with E-state index in [0.29, 0.717) is 11.3 Å². The van der Waals surface area contributed by atoms with Gasteiger partial charge in [0.1, 0.15) is 5.69 Å². The van der Waals surface area contributed by atoms with Crippen LogP contribution in [0.4, 0.5) is 14.5 Å². The SMILES string of the molecule is O=c1[nH]cc(-c2cc(N3C[C@H](F)[C@@H](F)C3)c3nccn3n2)c(=O)[nH]1. The Kier molecular flexibility index (Phi) is 3.18. The van der Waals surface area contributed by atoms with Crippen molar-refractivity contribution in [1.29, 1.82) is 0 Å². The molecule has 0 saturated carbocycles. The molecule has 24 heavy (non-hydrogen) atoms. The summed E-state index contributed by atoms with van der Waals surface area (Å²) in [6.07, 6.45) is 1.16. The fourth-order valence-electron chi connectivity index (χ4n) is 2.79. The quantitative estimate of drug-likeness (QED) is 0.701. The molecule has 4 heterocycles. The molecule has 0 aliphatic carbocycles. The number of alkyl halides is 2. The highest BCUT2D eigenvalue weighted by atomic mass is 19.2. The van der Waals surface area contributed by atoms with Gasteiger partial charge < -0.3 is 9.88 Å². The van der Waals surface area contributed by atoms with Crippen LogP contribution in [0.1, 0.15) is 0 Å². The number of fused-ring (bicyclic) bond motifs is 1. The van der Waals surface area contributed by atoms with Gasteiger partial charge in [-0.3, -0.25) is 9.78 Å². The summed E-state index contributed by atoms with van der Waals surface area (Å²) in [5.41, 5.74) is 0.0573. The van der Waals surface area contributed by atoms with Crippen LogP contribution in [0.25, 0.3) is 16.9 Å². The van der Waals surface area contributed by atoms with Crippen molar-refractivity contribution >= 4 is 11.3 Å². The third-order valence-electron chi connectivity index (χ3n) is 3.96. The molecule has 0 unspecified atom stereocenters. The van der Waals surface area contributed by atoms with Crippen LogP contribution in [0, 0.1) is 0 Å². The van der Waals surface area contributed by atoms with E-state index in [9.17, 15) is 18.4 Å². The molecule has 0 spiro atoms. The molecule has 8 nitrogen and oxygen atoms in total. The van der Waals surface area contributed by atoms with E-state index in [-0.39, 0.29) is 24.3 Å². The molecule has 2 N–H and O–H groups in total. The number of imidazole rings is 1. The van der Waals surface area contributed by atoms with E-state index in [1.54, 1.807) is 6.20 Å². The molecule has 0 amide bonds. The maximum Gasteiger partial charge on any atom is 0.325 e. The number of hydrogen-bond donors (Lipinski definition) is 2. The van der Waals surface area contributed by atoms with Crippen LogP contribution in [-0.2, 0) is 0 Å². The highest BCUT2D eigenvalue weighted by Gasteiger charge is 2.34. The third-order valence-corrected chi connectivity index (χ3v) is 3.96. The highest BCUT2D eigenvalue weighted by molar-refractivity contribution is 5.74. The molecule has 0 bridgehead atoms. The van der Waals surface area contributed by atoms with Gasteiger partial charge in [0.15, 0.2) is 18.0 Å². The predicted octanol–water partition coefficient (Wildman–Crippen LogP) is 0.269. The second-order valence-electron chi connectivity index (χ2n) is 5.53. The van der Waals surface area contributed by atoms with E-state index in [2.05, 4.69) is 20.1 Å². The van der Waals surface area contributed by atoms with Gasteiger partial charge in [-0.25, -0.2) is 23.1 Å². The molecule has 0 radical (unpaired) electrons. The summed E-state index contributed by atoms with van der Waals surface area (Å²) in [5, 5.41) is 4.26. The van der Waals surface area contributed by atoms with Crippen LogP contribution in [0.2, 0.25) is 0 Å². The third kappa shape index (κ3) is 2.27. The first kappa shape index (κ1) is 14.5. The summed E-state index contributed by atoms with van der Waals surface area (Å²) in [6, 6.07) is 1.54. The van der Waals surface area contributed by atoms with Crippen molar-refractivity contribution in [2.75, 3.05) is 18.0 Å². The molecule has 1 aliphatic heterocycles. The van der Waals surface area contributed by atoms with E-state index >= 15 is 0 Å². The van der Waals surface area contributed by atoms with Gasteiger partial charge in [0.05, 0.1) is 24.3 Å². The van der Waals surface area contributed by atoms with Crippen LogP contribution in [0.5, 0.6) is 0 Å². The van der Waals surface area contributed by atoms with E-state index in [1.807, 2.05) is 0 Å². The Bertz CT molecular complexity index is 1020. The molecule has 4 rings (SSSR count). The molecular weight excluding hydrogens is 322 g/mol. The van der Waals surface area contributed by atoms with Crippen LogP contribution >= 0.6 is 0 Å². The minimum atomic E-state index is -1.58. The van der Waals surface area contributed by atoms with E-state index in [4.69, 9.17) is 0 Å². The van der Waals surface area contributed by atoms with Gasteiger partial charge in [-0.2, -0.15) is 5.10 Å². The van der Waals surface area contributed by atoms with Crippen molar-refractivity contribution in [2.45, 2.75) is 12.3 Å². The largest absolute Gasteiger partial charge is 0.362 e. The molecule has 2 atom stereocenters. The summed E-state index contributed by atoms with van der Waals surface area (Å²) in [5.74, 6) is 0. The van der Waals surface area contributed by atoms with Gasteiger partial charge >= 0.3 is 5.69 Å². The molecule has 3 aromatic heterocycles. The Morgan fingerprint density at radius 2 is 1.96 bits per heavy atom. The van der Waals surface area contributed by atoms with Gasteiger partial charge in [0.2, 0.25) is 0 Å². The van der Waals surface area contributed by atoms with Gasteiger partial charge in [0.25, 0.3) is 5.56 Å². The summed E-state index contributed by atoms with van der Waals surface area (Å²) < 4.78 is 28.5. The van der Waals surface area contributed by atoms with Crippen LogP contribution < -0.4 is 16.1 Å². The van der Waals surface area contributed by atoms with Crippen LogP contribution in [-0.4, -0.2) is 50.0 Å². The van der Waals surface area contributed by atoms with Crippen molar-refractivity contribution in [2.24, 2.45) is 0 Å². The molecule has 3 aromatic rings. The zero-order valence-corrected chi connectivity index (χ0v) is 12.2. The van der Waals surface area contributed by atoms with E-state index in [1.165, 1.54) is 27.9 Å². The lowest BCUT2D eigenvalue weighted by Crippen LogP contribution is -2.24. The lowest BCUT2D eigenvalue weighted by atomic mass is 10.2. The maximum atomic E-state index is 13.6. The van der Waals surface area contributed by atoms with Crippen LogP contribution in [0.15, 0.2) is 34.2 Å². The molecular formula is C14H12F2N6O2. The van der Waals surface area contributed by atoms with Crippen LogP contribution in [0.3, 0.4) is 0 Å². The van der Waals surface area contributed by atoms with Gasteiger partial charge in [-0.15, -0.1) is 0 Å². The smallest absolute Gasteiger partial charge is 0.325 e. The Morgan fingerprint density at radius 1 is 1.21 bits per heavy atom. The van der Waals surface area contributed by atoms with Crippen molar-refractivity contribution in [3.8, 4) is 11.3 Å². The Balaban J connectivity index is 1.89. The lowest BCUT2D eigenvalue weighted by molar-refractivity contribution is 0.217. The van der Waals surface area contributed by atoms with Gasteiger partial charge in [-0.05, 0) is 6.07 Å². The molecule has 124 valence electrons. The maximum absolute atomic E-state index is 13.6. The van der Waals surface area contributed by atoms with Crippen molar-refractivity contribution < 1.29 is 8.78 Å². The number of aromatic amines is 2. The number of rotatable bonds is 2. The summed E-state index contributed by atoms with van der Waals surface area (Å²) >= 11 is 0. The topological polar surface area (TPSA) is 99.2 Å². The minimum Gasteiger partial charge on any atom is -0.362 e. The summed E-state index contributed by atoms with van der Waals surface area (Å²) in [4.78, 5) is 33.3. The number of halogens is 2. The fourth-order valence-corrected chi connectivity index (χ4v) is 2.79. The molecule has 10 heteroatoms. The molecule has 1 aliphatic rings. The molecule has 1 saturated heterocycles. The number of aromatic nitrogens is 5. The zero-order chi connectivity index (χ0) is 16.8. The normalized spacial score (nSPS) is 20.8. The monoisotopic (exact) mass is 334 g/mol. The predicted molar refractivity (Wildman–Crippen MR) is 81.7 cm³/mol. The molecule has 1 fully saturated rings. The Hall–Kier alpha value is -3.04. The fraction of sp³-hybridized carbons (Fsp3) is 0.286. The lowest BCUT2D eigenvalue weighted by Gasteiger charge is -2.18. The van der Waals surface area contributed by atoms with Crippen molar-refractivity contribution in [1.82, 2.24) is 24.6 Å². The highest BCUT2D eigenvalue weighted by Crippen LogP contribution is 2.29. The van der Waals surface area contributed by atoms with Crippen molar-refractivity contribution in [3.05, 3.63) is 45.5 Å². The van der Waals surface area contributed by atoms with Gasteiger partial charge in [0, 0.05) is 18.6 Å². The first-order chi connectivity index (χ1) is 11.5. The van der Waals surface area contributed by atoms with Crippen molar-refractivity contribution in [3.63, 3.8) is 0 Å². The standard InChI is InChI=1S/C14H12F2N6O2/c15-8-5-21(6-9(8)16)11-3-10(20-22-2-1-17-12(11)22)7-4-18-14(24)19-13(7)23/h1-4,8-9H,5-6H2,(H2,18,19,23,24)/t8-,9-/m0/s1. The Labute approximate surface area is 132 Å². The van der Waals surface area contributed by atoms with E-state index in [0.717, 1.165) is 0 Å².